The summed E-state index contributed by atoms with van der Waals surface area (Å²) >= 11 is 0. The number of nitrogens with one attached hydrogen (secondary N) is 1. The molecule has 0 spiro atoms. The van der Waals surface area contributed by atoms with Gasteiger partial charge in [0.05, 0.1) is 11.1 Å². The fourth-order valence-corrected chi connectivity index (χ4v) is 5.12. The van der Waals surface area contributed by atoms with Gasteiger partial charge in [-0.1, -0.05) is 43.3 Å². The molecular formula is C31H38N4O7. The van der Waals surface area contributed by atoms with Crippen molar-refractivity contribution in [3.8, 4) is 33.9 Å². The molecule has 4 N–H and O–H groups in total. The normalized spacial score (nSPS) is 13.9. The number of hydrogen-bond donors (Lipinski definition) is 4. The number of piperazine rings is 1. The van der Waals surface area contributed by atoms with Crippen LogP contribution in [0.5, 0.6) is 11.5 Å². The molecule has 3 aromatic rings. The number of carbonyl (C=O) groups is 3. The van der Waals surface area contributed by atoms with Crippen LogP contribution in [0.3, 0.4) is 0 Å². The van der Waals surface area contributed by atoms with Crippen LogP contribution in [0.1, 0.15) is 67.6 Å². The third-order valence-corrected chi connectivity index (χ3v) is 7.41. The molecule has 1 saturated heterocycles. The number of carbonyl (C=O) groups excluding carboxylic acids is 2. The van der Waals surface area contributed by atoms with E-state index in [4.69, 9.17) is 9.63 Å². The lowest BCUT2D eigenvalue weighted by atomic mass is 9.94. The van der Waals surface area contributed by atoms with Gasteiger partial charge in [-0.3, -0.25) is 19.3 Å². The molecule has 0 aliphatic carbocycles. The predicted molar refractivity (Wildman–Crippen MR) is 156 cm³/mol. The van der Waals surface area contributed by atoms with Crippen molar-refractivity contribution >= 4 is 17.8 Å². The van der Waals surface area contributed by atoms with Crippen LogP contribution in [0, 0.1) is 0 Å². The number of aliphatic carboxylic acids is 1. The van der Waals surface area contributed by atoms with E-state index in [0.29, 0.717) is 67.9 Å². The molecule has 1 aliphatic rings. The fourth-order valence-electron chi connectivity index (χ4n) is 5.12. The third-order valence-electron chi connectivity index (χ3n) is 7.41. The van der Waals surface area contributed by atoms with Gasteiger partial charge in [0, 0.05) is 58.2 Å². The molecule has 2 amide bonds. The number of rotatable bonds is 11. The summed E-state index contributed by atoms with van der Waals surface area (Å²) in [6.45, 7) is 9.36. The van der Waals surface area contributed by atoms with Crippen LogP contribution >= 0.6 is 0 Å². The largest absolute Gasteiger partial charge is 0.508 e. The summed E-state index contributed by atoms with van der Waals surface area (Å²) in [7, 11) is 0. The molecular weight excluding hydrogens is 540 g/mol. The molecule has 224 valence electrons. The molecule has 0 saturated carbocycles. The molecule has 0 bridgehead atoms. The van der Waals surface area contributed by atoms with Crippen LogP contribution in [0.25, 0.3) is 22.5 Å². The van der Waals surface area contributed by atoms with Gasteiger partial charge in [-0.2, -0.15) is 0 Å². The Bertz CT molecular complexity index is 1420. The Balaban J connectivity index is 1.52. The summed E-state index contributed by atoms with van der Waals surface area (Å²) in [6.07, 6.45) is 0.594. The number of aromatic nitrogens is 1. The molecule has 2 aromatic carbocycles. The Morgan fingerprint density at radius 1 is 1.00 bits per heavy atom. The lowest BCUT2D eigenvalue weighted by Gasteiger charge is -2.34. The second-order valence-corrected chi connectivity index (χ2v) is 10.8. The molecule has 42 heavy (non-hydrogen) atoms. The van der Waals surface area contributed by atoms with Crippen molar-refractivity contribution in [3.63, 3.8) is 0 Å². The quantitative estimate of drug-likeness (QED) is 0.262. The standard InChI is InChI=1S/C31H38N4O7/c1-4-32-31(41)29-28(30(42-33-29)23-16-22(19(2)3)24(36)17-25(23)37)21-10-8-20(9-11-21)18-34-12-14-35(15-13-34)26(38)6-5-7-27(39)40/h8-11,16-17,19,36-37H,4-7,12-15,18H2,1-3H3,(H,32,41)(H,39,40). The Labute approximate surface area is 244 Å². The Morgan fingerprint density at radius 2 is 1.69 bits per heavy atom. The maximum absolute atomic E-state index is 12.9. The van der Waals surface area contributed by atoms with Crippen LogP contribution in [-0.2, 0) is 16.1 Å². The average Bonchev–Trinajstić information content (AvgIpc) is 3.38. The van der Waals surface area contributed by atoms with Gasteiger partial charge in [-0.15, -0.1) is 0 Å². The average molecular weight is 579 g/mol. The zero-order chi connectivity index (χ0) is 30.4. The Hall–Kier alpha value is -4.38. The Morgan fingerprint density at radius 3 is 2.31 bits per heavy atom. The zero-order valence-corrected chi connectivity index (χ0v) is 24.2. The van der Waals surface area contributed by atoms with Crippen LogP contribution in [0.4, 0.5) is 0 Å². The topological polar surface area (TPSA) is 156 Å². The Kier molecular flexibility index (Phi) is 9.84. The van der Waals surface area contributed by atoms with Gasteiger partial charge in [0.2, 0.25) is 5.91 Å². The van der Waals surface area contributed by atoms with E-state index in [1.165, 1.54) is 6.07 Å². The summed E-state index contributed by atoms with van der Waals surface area (Å²) < 4.78 is 5.65. The van der Waals surface area contributed by atoms with Crippen molar-refractivity contribution in [2.24, 2.45) is 0 Å². The van der Waals surface area contributed by atoms with Gasteiger partial charge in [0.25, 0.3) is 5.91 Å². The number of benzene rings is 2. The molecule has 1 aliphatic heterocycles. The van der Waals surface area contributed by atoms with Gasteiger partial charge in [0.15, 0.2) is 11.5 Å². The first kappa shape index (κ1) is 30.6. The number of carboxylic acids is 1. The van der Waals surface area contributed by atoms with Crippen LogP contribution < -0.4 is 5.32 Å². The lowest BCUT2D eigenvalue weighted by Crippen LogP contribution is -2.48. The minimum absolute atomic E-state index is 0.00205. The fraction of sp³-hybridized carbons (Fsp3) is 0.419. The van der Waals surface area contributed by atoms with Gasteiger partial charge in [-0.25, -0.2) is 0 Å². The van der Waals surface area contributed by atoms with Gasteiger partial charge in [-0.05, 0) is 42.0 Å². The minimum Gasteiger partial charge on any atom is -0.508 e. The zero-order valence-electron chi connectivity index (χ0n) is 24.2. The maximum Gasteiger partial charge on any atom is 0.303 e. The van der Waals surface area contributed by atoms with E-state index >= 15 is 0 Å². The highest BCUT2D eigenvalue weighted by Crippen LogP contribution is 2.43. The highest BCUT2D eigenvalue weighted by Gasteiger charge is 2.27. The van der Waals surface area contributed by atoms with Crippen molar-refractivity contribution in [2.75, 3.05) is 32.7 Å². The highest BCUT2D eigenvalue weighted by molar-refractivity contribution is 6.02. The molecule has 2 heterocycles. The summed E-state index contributed by atoms with van der Waals surface area (Å²) in [5.74, 6) is -1.30. The molecule has 0 atom stereocenters. The molecule has 11 nitrogen and oxygen atoms in total. The number of aromatic hydroxyl groups is 2. The van der Waals surface area contributed by atoms with E-state index < -0.39 is 11.9 Å². The number of phenolic OH excluding ortho intramolecular Hbond substituents is 2. The number of phenols is 2. The number of carboxylic acid groups (broad SMARTS) is 1. The number of hydrogen-bond acceptors (Lipinski definition) is 8. The van der Waals surface area contributed by atoms with Crippen molar-refractivity contribution in [2.45, 2.75) is 52.5 Å². The third kappa shape index (κ3) is 7.09. The summed E-state index contributed by atoms with van der Waals surface area (Å²) in [4.78, 5) is 40.0. The first-order valence-electron chi connectivity index (χ1n) is 14.2. The number of amides is 2. The van der Waals surface area contributed by atoms with Gasteiger partial charge >= 0.3 is 5.97 Å². The molecule has 0 unspecified atom stereocenters. The van der Waals surface area contributed by atoms with Crippen LogP contribution in [-0.4, -0.2) is 80.8 Å². The predicted octanol–water partition coefficient (Wildman–Crippen LogP) is 4.19. The van der Waals surface area contributed by atoms with E-state index in [1.807, 2.05) is 45.0 Å². The molecule has 1 aromatic heterocycles. The second-order valence-electron chi connectivity index (χ2n) is 10.8. The van der Waals surface area contributed by atoms with Crippen molar-refractivity contribution in [3.05, 3.63) is 53.2 Å². The molecule has 0 radical (unpaired) electrons. The van der Waals surface area contributed by atoms with Gasteiger partial charge < -0.3 is 30.1 Å². The molecule has 4 rings (SSSR count). The van der Waals surface area contributed by atoms with Crippen molar-refractivity contribution < 1.29 is 34.2 Å². The molecule has 11 heteroatoms. The monoisotopic (exact) mass is 578 g/mol. The maximum atomic E-state index is 12.9. The van der Waals surface area contributed by atoms with E-state index in [-0.39, 0.29) is 47.6 Å². The summed E-state index contributed by atoms with van der Waals surface area (Å²) in [5, 5.41) is 36.6. The van der Waals surface area contributed by atoms with Crippen molar-refractivity contribution in [1.29, 1.82) is 0 Å². The SMILES string of the molecule is CCNC(=O)c1noc(-c2cc(C(C)C)c(O)cc2O)c1-c1ccc(CN2CCN(C(=O)CCCC(=O)O)CC2)cc1. The van der Waals surface area contributed by atoms with Gasteiger partial charge in [0.1, 0.15) is 11.5 Å². The molecule has 1 fully saturated rings. The van der Waals surface area contributed by atoms with E-state index in [9.17, 15) is 24.6 Å². The van der Waals surface area contributed by atoms with Crippen molar-refractivity contribution in [1.82, 2.24) is 20.3 Å². The summed E-state index contributed by atoms with van der Waals surface area (Å²) in [6, 6.07) is 10.6. The minimum atomic E-state index is -0.891. The summed E-state index contributed by atoms with van der Waals surface area (Å²) in [5.41, 5.74) is 3.23. The second kappa shape index (κ2) is 13.5. The van der Waals surface area contributed by atoms with Crippen LogP contribution in [0.2, 0.25) is 0 Å². The van der Waals surface area contributed by atoms with E-state index in [1.54, 1.807) is 11.0 Å². The van der Waals surface area contributed by atoms with E-state index in [0.717, 1.165) is 5.56 Å². The number of nitrogens with zero attached hydrogens (tertiary/aromatic N) is 3. The first-order chi connectivity index (χ1) is 20.1. The van der Waals surface area contributed by atoms with E-state index in [2.05, 4.69) is 15.4 Å². The lowest BCUT2D eigenvalue weighted by molar-refractivity contribution is -0.137. The first-order valence-corrected chi connectivity index (χ1v) is 14.2. The highest BCUT2D eigenvalue weighted by atomic mass is 16.5. The van der Waals surface area contributed by atoms with Crippen LogP contribution in [0.15, 0.2) is 40.9 Å². The smallest absolute Gasteiger partial charge is 0.303 e.